The highest BCUT2D eigenvalue weighted by molar-refractivity contribution is 6.33. The van der Waals surface area contributed by atoms with Gasteiger partial charge in [-0.05, 0) is 43.5 Å². The molecule has 6 rings (SSSR count). The maximum absolute atomic E-state index is 6.62. The van der Waals surface area contributed by atoms with Crippen molar-refractivity contribution < 1.29 is 4.74 Å². The van der Waals surface area contributed by atoms with Crippen LogP contribution in [0, 0.1) is 6.92 Å². The normalized spacial score (nSPS) is 17.6. The molecule has 0 bridgehead atoms. The minimum Gasteiger partial charge on any atom is -0.471 e. The van der Waals surface area contributed by atoms with E-state index in [1.54, 1.807) is 0 Å². The molecule has 3 heterocycles. The minimum atomic E-state index is 0.161. The van der Waals surface area contributed by atoms with Crippen molar-refractivity contribution in [3.05, 3.63) is 70.3 Å². The molecule has 1 saturated heterocycles. The number of hydrogen-bond acceptors (Lipinski definition) is 4. The van der Waals surface area contributed by atoms with E-state index in [0.29, 0.717) is 15.9 Å². The third-order valence-electron chi connectivity index (χ3n) is 7.20. The molecule has 5 nitrogen and oxygen atoms in total. The van der Waals surface area contributed by atoms with Crippen molar-refractivity contribution >= 4 is 28.8 Å². The highest BCUT2D eigenvalue weighted by Crippen LogP contribution is 2.39. The molecular formula is C28H28Cl2N4O. The van der Waals surface area contributed by atoms with Crippen LogP contribution in [0.5, 0.6) is 5.88 Å². The summed E-state index contributed by atoms with van der Waals surface area (Å²) in [6.07, 6.45) is 6.87. The molecule has 1 aliphatic heterocycles. The predicted octanol–water partition coefficient (Wildman–Crippen LogP) is 7.07. The molecule has 0 N–H and O–H groups in total. The molecule has 2 aromatic heterocycles. The molecule has 0 atom stereocenters. The van der Waals surface area contributed by atoms with Gasteiger partial charge in [-0.3, -0.25) is 4.90 Å². The lowest BCUT2D eigenvalue weighted by molar-refractivity contribution is -0.0218. The zero-order chi connectivity index (χ0) is 23.9. The van der Waals surface area contributed by atoms with Gasteiger partial charge in [0.1, 0.15) is 11.8 Å². The number of aryl methyl sites for hydroxylation is 1. The van der Waals surface area contributed by atoms with Crippen LogP contribution >= 0.6 is 23.2 Å². The van der Waals surface area contributed by atoms with E-state index in [9.17, 15) is 0 Å². The second-order valence-corrected chi connectivity index (χ2v) is 10.5. The maximum atomic E-state index is 6.62. The first kappa shape index (κ1) is 22.8. The second-order valence-electron chi connectivity index (χ2n) is 9.67. The summed E-state index contributed by atoms with van der Waals surface area (Å²) >= 11 is 12.8. The molecule has 2 aromatic carbocycles. The average Bonchev–Trinajstić information content (AvgIpc) is 3.21. The molecule has 0 unspecified atom stereocenters. The topological polar surface area (TPSA) is 42.7 Å². The molecule has 2 fully saturated rings. The molecule has 1 saturated carbocycles. The lowest BCUT2D eigenvalue weighted by Crippen LogP contribution is -2.58. The van der Waals surface area contributed by atoms with Crippen LogP contribution in [-0.4, -0.2) is 44.7 Å². The van der Waals surface area contributed by atoms with Gasteiger partial charge in [-0.2, -0.15) is 9.61 Å². The number of aromatic nitrogens is 3. The van der Waals surface area contributed by atoms with Gasteiger partial charge in [0, 0.05) is 41.5 Å². The van der Waals surface area contributed by atoms with Crippen molar-refractivity contribution in [1.82, 2.24) is 19.5 Å². The summed E-state index contributed by atoms with van der Waals surface area (Å²) in [6.45, 7) is 3.93. The van der Waals surface area contributed by atoms with Gasteiger partial charge in [0.15, 0.2) is 5.65 Å². The Labute approximate surface area is 215 Å². The molecule has 7 heteroatoms. The van der Waals surface area contributed by atoms with Crippen molar-refractivity contribution in [2.24, 2.45) is 0 Å². The number of fused-ring (bicyclic) bond motifs is 1. The highest BCUT2D eigenvalue weighted by Gasteiger charge is 2.35. The molecule has 0 spiro atoms. The number of hydrogen-bond donors (Lipinski definition) is 0. The van der Waals surface area contributed by atoms with E-state index in [1.807, 2.05) is 66.0 Å². The van der Waals surface area contributed by atoms with Gasteiger partial charge in [0.2, 0.25) is 5.88 Å². The SMILES string of the molecule is Cc1cc(OC2CN(C3CCCCC3)C2)n2nc(-c3ccccc3Cl)c(-c3ccc(Cl)cc3)c2n1. The molecule has 4 aromatic rings. The van der Waals surface area contributed by atoms with Crippen LogP contribution in [-0.2, 0) is 0 Å². The fourth-order valence-corrected chi connectivity index (χ4v) is 5.72. The van der Waals surface area contributed by atoms with Gasteiger partial charge in [-0.15, -0.1) is 0 Å². The van der Waals surface area contributed by atoms with E-state index < -0.39 is 0 Å². The molecule has 1 aliphatic carbocycles. The molecule has 0 amide bonds. The van der Waals surface area contributed by atoms with Crippen LogP contribution in [0.2, 0.25) is 10.0 Å². The lowest BCUT2D eigenvalue weighted by Gasteiger charge is -2.45. The summed E-state index contributed by atoms with van der Waals surface area (Å²) in [6, 6.07) is 18.2. The van der Waals surface area contributed by atoms with Gasteiger partial charge < -0.3 is 4.74 Å². The van der Waals surface area contributed by atoms with E-state index in [2.05, 4.69) is 4.90 Å². The van der Waals surface area contributed by atoms with E-state index >= 15 is 0 Å². The number of rotatable bonds is 5. The van der Waals surface area contributed by atoms with Crippen molar-refractivity contribution in [1.29, 1.82) is 0 Å². The molecule has 35 heavy (non-hydrogen) atoms. The first-order valence-electron chi connectivity index (χ1n) is 12.4. The van der Waals surface area contributed by atoms with Crippen molar-refractivity contribution in [2.45, 2.75) is 51.2 Å². The summed E-state index contributed by atoms with van der Waals surface area (Å²) in [5.41, 5.74) is 5.17. The highest BCUT2D eigenvalue weighted by atomic mass is 35.5. The first-order chi connectivity index (χ1) is 17.1. The molecule has 180 valence electrons. The zero-order valence-corrected chi connectivity index (χ0v) is 21.3. The summed E-state index contributed by atoms with van der Waals surface area (Å²) in [5.74, 6) is 0.717. The van der Waals surface area contributed by atoms with Crippen LogP contribution < -0.4 is 4.74 Å². The van der Waals surface area contributed by atoms with E-state index in [4.69, 9.17) is 38.0 Å². The largest absolute Gasteiger partial charge is 0.471 e. The molecule has 2 aliphatic rings. The Morgan fingerprint density at radius 2 is 1.69 bits per heavy atom. The van der Waals surface area contributed by atoms with Gasteiger partial charge in [-0.1, -0.05) is 72.8 Å². The second kappa shape index (κ2) is 9.45. The van der Waals surface area contributed by atoms with E-state index in [-0.39, 0.29) is 6.10 Å². The van der Waals surface area contributed by atoms with Crippen LogP contribution in [0.25, 0.3) is 28.0 Å². The Morgan fingerprint density at radius 1 is 0.943 bits per heavy atom. The lowest BCUT2D eigenvalue weighted by atomic mass is 9.92. The van der Waals surface area contributed by atoms with Gasteiger partial charge in [0.05, 0.1) is 10.6 Å². The Morgan fingerprint density at radius 3 is 2.43 bits per heavy atom. The quantitative estimate of drug-likeness (QED) is 0.290. The number of nitrogens with zero attached hydrogens (tertiary/aromatic N) is 4. The van der Waals surface area contributed by atoms with Crippen molar-refractivity contribution in [2.75, 3.05) is 13.1 Å². The summed E-state index contributed by atoms with van der Waals surface area (Å²) in [4.78, 5) is 7.46. The Kier molecular flexibility index (Phi) is 6.17. The third kappa shape index (κ3) is 4.42. The smallest absolute Gasteiger partial charge is 0.218 e. The average molecular weight is 507 g/mol. The fourth-order valence-electron chi connectivity index (χ4n) is 5.37. The molecular weight excluding hydrogens is 479 g/mol. The summed E-state index contributed by atoms with van der Waals surface area (Å²) in [7, 11) is 0. The van der Waals surface area contributed by atoms with Gasteiger partial charge in [0.25, 0.3) is 0 Å². The first-order valence-corrected chi connectivity index (χ1v) is 13.1. The Hall–Kier alpha value is -2.60. The van der Waals surface area contributed by atoms with Crippen molar-refractivity contribution in [3.8, 4) is 28.3 Å². The number of ether oxygens (including phenoxy) is 1. The van der Waals surface area contributed by atoms with E-state index in [1.165, 1.54) is 32.1 Å². The standard InChI is InChI=1S/C28H28Cl2N4O/c1-18-15-25(35-22-16-33(17-22)21-7-3-2-4-8-21)34-28(31-18)26(19-11-13-20(29)14-12-19)27(32-34)23-9-5-6-10-24(23)30/h5-6,9-15,21-22H,2-4,7-8,16-17H2,1H3. The minimum absolute atomic E-state index is 0.161. The van der Waals surface area contributed by atoms with Crippen LogP contribution in [0.15, 0.2) is 54.6 Å². The van der Waals surface area contributed by atoms with Crippen molar-refractivity contribution in [3.63, 3.8) is 0 Å². The fraction of sp³-hybridized carbons (Fsp3) is 0.357. The van der Waals surface area contributed by atoms with Crippen LogP contribution in [0.4, 0.5) is 0 Å². The monoisotopic (exact) mass is 506 g/mol. The summed E-state index contributed by atoms with van der Waals surface area (Å²) in [5, 5.41) is 6.33. The van der Waals surface area contributed by atoms with Crippen LogP contribution in [0.1, 0.15) is 37.8 Å². The Balaban J connectivity index is 1.40. The predicted molar refractivity (Wildman–Crippen MR) is 141 cm³/mol. The van der Waals surface area contributed by atoms with Gasteiger partial charge >= 0.3 is 0 Å². The Bertz CT molecular complexity index is 1360. The summed E-state index contributed by atoms with van der Waals surface area (Å²) < 4.78 is 8.35. The zero-order valence-electron chi connectivity index (χ0n) is 19.8. The number of halogens is 2. The third-order valence-corrected chi connectivity index (χ3v) is 7.78. The van der Waals surface area contributed by atoms with Gasteiger partial charge in [-0.25, -0.2) is 4.98 Å². The maximum Gasteiger partial charge on any atom is 0.218 e. The number of likely N-dealkylation sites (tertiary alicyclic amines) is 1. The molecule has 0 radical (unpaired) electrons. The van der Waals surface area contributed by atoms with E-state index in [0.717, 1.165) is 52.9 Å². The number of benzene rings is 2. The van der Waals surface area contributed by atoms with Crippen LogP contribution in [0.3, 0.4) is 0 Å².